The maximum atomic E-state index is 11.3. The monoisotopic (exact) mass is 327 g/mol. The molecule has 1 aliphatic rings. The molecule has 1 saturated heterocycles. The van der Waals surface area contributed by atoms with Gasteiger partial charge in [-0.25, -0.2) is 0 Å². The van der Waals surface area contributed by atoms with Gasteiger partial charge in [0.05, 0.1) is 29.3 Å². The second-order valence-corrected chi connectivity index (χ2v) is 5.49. The number of nitro benzene ring substituents is 1. The third-order valence-electron chi connectivity index (χ3n) is 3.65. The van der Waals surface area contributed by atoms with E-state index in [-0.39, 0.29) is 18.2 Å². The van der Waals surface area contributed by atoms with Crippen molar-refractivity contribution in [3.8, 4) is 0 Å². The number of non-ortho nitro benzene ring substituents is 1. The fourth-order valence-electron chi connectivity index (χ4n) is 2.48. The van der Waals surface area contributed by atoms with E-state index in [1.54, 1.807) is 6.07 Å². The third kappa shape index (κ3) is 4.08. The van der Waals surface area contributed by atoms with E-state index >= 15 is 0 Å². The summed E-state index contributed by atoms with van der Waals surface area (Å²) in [5, 5.41) is 11.1. The van der Waals surface area contributed by atoms with Crippen LogP contribution >= 0.6 is 11.6 Å². The topological polar surface area (TPSA) is 75.9 Å². The molecule has 0 bridgehead atoms. The average molecular weight is 328 g/mol. The lowest BCUT2D eigenvalue weighted by Crippen LogP contribution is -2.34. The van der Waals surface area contributed by atoms with E-state index in [1.807, 2.05) is 4.90 Å². The van der Waals surface area contributed by atoms with E-state index in [0.29, 0.717) is 18.1 Å². The minimum Gasteiger partial charge on any atom is -0.468 e. The minimum absolute atomic E-state index is 0.0177. The van der Waals surface area contributed by atoms with Gasteiger partial charge in [0, 0.05) is 38.3 Å². The number of anilines is 1. The lowest BCUT2D eigenvalue weighted by atomic mass is 10.2. The molecule has 1 aromatic rings. The molecule has 0 atom stereocenters. The van der Waals surface area contributed by atoms with Crippen molar-refractivity contribution in [2.24, 2.45) is 0 Å². The van der Waals surface area contributed by atoms with Gasteiger partial charge in [0.2, 0.25) is 0 Å². The maximum Gasteiger partial charge on any atom is 0.319 e. The van der Waals surface area contributed by atoms with E-state index in [1.165, 1.54) is 19.2 Å². The third-order valence-corrected chi connectivity index (χ3v) is 3.95. The summed E-state index contributed by atoms with van der Waals surface area (Å²) >= 11 is 6.17. The number of ether oxygens (including phenoxy) is 1. The van der Waals surface area contributed by atoms with Crippen LogP contribution in [0.25, 0.3) is 0 Å². The Kier molecular flexibility index (Phi) is 5.57. The Labute approximate surface area is 133 Å². The predicted octanol–water partition coefficient (Wildman–Crippen LogP) is 1.93. The molecule has 0 amide bonds. The highest BCUT2D eigenvalue weighted by Crippen LogP contribution is 2.30. The van der Waals surface area contributed by atoms with E-state index in [4.69, 9.17) is 11.6 Å². The maximum absolute atomic E-state index is 11.3. The molecule has 0 radical (unpaired) electrons. The van der Waals surface area contributed by atoms with Crippen LogP contribution in [0.15, 0.2) is 18.2 Å². The van der Waals surface area contributed by atoms with Gasteiger partial charge in [-0.15, -0.1) is 0 Å². The average Bonchev–Trinajstić information content (AvgIpc) is 2.72. The number of methoxy groups -OCH3 is 1. The van der Waals surface area contributed by atoms with Crippen molar-refractivity contribution in [1.82, 2.24) is 4.90 Å². The van der Waals surface area contributed by atoms with Gasteiger partial charge in [-0.05, 0) is 12.5 Å². The molecule has 1 aliphatic heterocycles. The smallest absolute Gasteiger partial charge is 0.319 e. The highest BCUT2D eigenvalue weighted by atomic mass is 35.5. The Morgan fingerprint density at radius 1 is 1.36 bits per heavy atom. The fraction of sp³-hybridized carbons (Fsp3) is 0.500. The molecule has 22 heavy (non-hydrogen) atoms. The highest BCUT2D eigenvalue weighted by molar-refractivity contribution is 6.33. The van der Waals surface area contributed by atoms with Crippen LogP contribution in [0.3, 0.4) is 0 Å². The molecule has 1 aromatic carbocycles. The molecule has 0 aromatic heterocycles. The summed E-state index contributed by atoms with van der Waals surface area (Å²) in [5.74, 6) is -0.248. The number of rotatable bonds is 4. The first-order valence-electron chi connectivity index (χ1n) is 6.99. The molecule has 0 spiro atoms. The lowest BCUT2D eigenvalue weighted by molar-refractivity contribution is -0.384. The van der Waals surface area contributed by atoms with Gasteiger partial charge in [-0.1, -0.05) is 11.6 Å². The van der Waals surface area contributed by atoms with Gasteiger partial charge in [-0.2, -0.15) is 0 Å². The lowest BCUT2D eigenvalue weighted by Gasteiger charge is -2.24. The number of nitrogens with zero attached hydrogens (tertiary/aromatic N) is 3. The standard InChI is InChI=1S/C14H18ClN3O4/c1-22-14(19)10-16-5-2-6-17(8-7-16)13-4-3-11(18(20)21)9-12(13)15/h3-4,9H,2,5-8,10H2,1H3. The summed E-state index contributed by atoms with van der Waals surface area (Å²) in [6.07, 6.45) is 0.879. The quantitative estimate of drug-likeness (QED) is 0.478. The highest BCUT2D eigenvalue weighted by Gasteiger charge is 2.20. The number of carbonyl (C=O) groups is 1. The summed E-state index contributed by atoms with van der Waals surface area (Å²) in [4.78, 5) is 25.7. The minimum atomic E-state index is -0.462. The van der Waals surface area contributed by atoms with Gasteiger partial charge in [0.1, 0.15) is 0 Å². The van der Waals surface area contributed by atoms with E-state index in [9.17, 15) is 14.9 Å². The Morgan fingerprint density at radius 3 is 2.77 bits per heavy atom. The molecule has 1 fully saturated rings. The van der Waals surface area contributed by atoms with Crippen LogP contribution in [-0.4, -0.2) is 55.6 Å². The zero-order chi connectivity index (χ0) is 16.1. The summed E-state index contributed by atoms with van der Waals surface area (Å²) < 4.78 is 4.68. The van der Waals surface area contributed by atoms with Crippen LogP contribution < -0.4 is 4.90 Å². The number of hydrogen-bond donors (Lipinski definition) is 0. The molecule has 0 aliphatic carbocycles. The van der Waals surface area contributed by atoms with Gasteiger partial charge < -0.3 is 9.64 Å². The number of esters is 1. The molecular formula is C14H18ClN3O4. The number of carbonyl (C=O) groups excluding carboxylic acids is 1. The zero-order valence-electron chi connectivity index (χ0n) is 12.3. The van der Waals surface area contributed by atoms with Crippen molar-refractivity contribution in [3.63, 3.8) is 0 Å². The van der Waals surface area contributed by atoms with Crippen molar-refractivity contribution in [2.45, 2.75) is 6.42 Å². The predicted molar refractivity (Wildman–Crippen MR) is 83.4 cm³/mol. The first kappa shape index (κ1) is 16.5. The Bertz CT molecular complexity index is 567. The van der Waals surface area contributed by atoms with Crippen molar-refractivity contribution in [1.29, 1.82) is 0 Å². The van der Waals surface area contributed by atoms with Crippen molar-refractivity contribution >= 4 is 28.9 Å². The van der Waals surface area contributed by atoms with Crippen molar-refractivity contribution < 1.29 is 14.5 Å². The summed E-state index contributed by atoms with van der Waals surface area (Å²) in [5.41, 5.74) is 0.767. The molecule has 120 valence electrons. The number of hydrogen-bond acceptors (Lipinski definition) is 6. The molecule has 0 N–H and O–H groups in total. The van der Waals surface area contributed by atoms with Crippen molar-refractivity contribution in [2.75, 3.05) is 44.7 Å². The largest absolute Gasteiger partial charge is 0.468 e. The van der Waals surface area contributed by atoms with Crippen LogP contribution in [0.2, 0.25) is 5.02 Å². The zero-order valence-corrected chi connectivity index (χ0v) is 13.1. The molecular weight excluding hydrogens is 310 g/mol. The van der Waals surface area contributed by atoms with E-state index < -0.39 is 4.92 Å². The second-order valence-electron chi connectivity index (χ2n) is 5.09. The SMILES string of the molecule is COC(=O)CN1CCCN(c2ccc([N+](=O)[O-])cc2Cl)CC1. The van der Waals surface area contributed by atoms with Gasteiger partial charge in [0.25, 0.3) is 5.69 Å². The molecule has 1 heterocycles. The molecule has 8 heteroatoms. The molecule has 2 rings (SSSR count). The van der Waals surface area contributed by atoms with Crippen LogP contribution in [0.5, 0.6) is 0 Å². The van der Waals surface area contributed by atoms with Crippen LogP contribution in [-0.2, 0) is 9.53 Å². The molecule has 0 unspecified atom stereocenters. The van der Waals surface area contributed by atoms with Gasteiger partial charge in [-0.3, -0.25) is 19.8 Å². The fourth-order valence-corrected chi connectivity index (χ4v) is 2.78. The normalized spacial score (nSPS) is 16.2. The van der Waals surface area contributed by atoms with Gasteiger partial charge >= 0.3 is 5.97 Å². The first-order chi connectivity index (χ1) is 10.5. The summed E-state index contributed by atoms with van der Waals surface area (Å²) in [6.45, 7) is 3.28. The van der Waals surface area contributed by atoms with Crippen LogP contribution in [0.4, 0.5) is 11.4 Å². The van der Waals surface area contributed by atoms with Crippen LogP contribution in [0.1, 0.15) is 6.42 Å². The number of halogens is 1. The molecule has 7 nitrogen and oxygen atoms in total. The second kappa shape index (κ2) is 7.42. The summed E-state index contributed by atoms with van der Waals surface area (Å²) in [6, 6.07) is 4.50. The van der Waals surface area contributed by atoms with Gasteiger partial charge in [0.15, 0.2) is 0 Å². The molecule has 0 saturated carbocycles. The Morgan fingerprint density at radius 2 is 2.14 bits per heavy atom. The van der Waals surface area contributed by atoms with E-state index in [2.05, 4.69) is 9.64 Å². The Hall–Kier alpha value is -1.86. The summed E-state index contributed by atoms with van der Waals surface area (Å²) in [7, 11) is 1.38. The number of nitro groups is 1. The van der Waals surface area contributed by atoms with E-state index in [0.717, 1.165) is 25.2 Å². The first-order valence-corrected chi connectivity index (χ1v) is 7.37. The van der Waals surface area contributed by atoms with Crippen molar-refractivity contribution in [3.05, 3.63) is 33.3 Å². The number of benzene rings is 1. The Balaban J connectivity index is 2.05. The van der Waals surface area contributed by atoms with Crippen LogP contribution in [0, 0.1) is 10.1 Å².